The molecule has 94 valence electrons. The van der Waals surface area contributed by atoms with Crippen molar-refractivity contribution < 1.29 is 5.11 Å². The van der Waals surface area contributed by atoms with Gasteiger partial charge in [-0.15, -0.1) is 0 Å². The number of nitrogens with zero attached hydrogens (tertiary/aromatic N) is 3. The van der Waals surface area contributed by atoms with Crippen LogP contribution in [0.2, 0.25) is 0 Å². The molecule has 2 aliphatic heterocycles. The largest absolute Gasteiger partial charge is 0.396 e. The molecule has 0 bridgehead atoms. The van der Waals surface area contributed by atoms with Crippen molar-refractivity contribution in [2.75, 3.05) is 18.1 Å². The molecule has 1 saturated heterocycles. The number of thioether (sulfide) groups is 1. The molecule has 1 aromatic heterocycles. The van der Waals surface area contributed by atoms with Gasteiger partial charge in [0.05, 0.1) is 0 Å². The summed E-state index contributed by atoms with van der Waals surface area (Å²) < 4.78 is 2.02. The van der Waals surface area contributed by atoms with Crippen LogP contribution in [0.25, 0.3) is 0 Å². The Hall–Kier alpha value is -0.550. The first-order valence-corrected chi connectivity index (χ1v) is 7.62. The summed E-state index contributed by atoms with van der Waals surface area (Å²) >= 11 is 2.04. The van der Waals surface area contributed by atoms with Crippen molar-refractivity contribution in [2.45, 2.75) is 32.2 Å². The Morgan fingerprint density at radius 1 is 1.35 bits per heavy atom. The maximum atomic E-state index is 9.19. The third-order valence-electron chi connectivity index (χ3n) is 3.75. The van der Waals surface area contributed by atoms with Gasteiger partial charge in [0.15, 0.2) is 5.82 Å². The molecule has 0 radical (unpaired) electrons. The molecule has 0 aliphatic carbocycles. The minimum Gasteiger partial charge on any atom is -0.396 e. The zero-order valence-electron chi connectivity index (χ0n) is 10.0. The minimum atomic E-state index is 0.272. The SMILES string of the molecule is OCC1CCc2nc(CC3CCSC3)nn2C1. The van der Waals surface area contributed by atoms with Gasteiger partial charge in [-0.1, -0.05) is 0 Å². The zero-order chi connectivity index (χ0) is 11.7. The Kier molecular flexibility index (Phi) is 3.38. The summed E-state index contributed by atoms with van der Waals surface area (Å²) in [6.45, 7) is 1.12. The van der Waals surface area contributed by atoms with Gasteiger partial charge in [-0.3, -0.25) is 0 Å². The van der Waals surface area contributed by atoms with E-state index >= 15 is 0 Å². The summed E-state index contributed by atoms with van der Waals surface area (Å²) in [5.41, 5.74) is 0. The molecular formula is C12H19N3OS. The minimum absolute atomic E-state index is 0.272. The third kappa shape index (κ3) is 2.50. The van der Waals surface area contributed by atoms with Crippen LogP contribution < -0.4 is 0 Å². The fourth-order valence-electron chi connectivity index (χ4n) is 2.66. The molecule has 1 fully saturated rings. The molecule has 1 aromatic rings. The quantitative estimate of drug-likeness (QED) is 0.877. The fraction of sp³-hybridized carbons (Fsp3) is 0.833. The van der Waals surface area contributed by atoms with Gasteiger partial charge in [0, 0.05) is 31.9 Å². The van der Waals surface area contributed by atoms with E-state index < -0.39 is 0 Å². The average Bonchev–Trinajstić information content (AvgIpc) is 2.96. The number of aromatic nitrogens is 3. The molecule has 17 heavy (non-hydrogen) atoms. The first kappa shape index (κ1) is 11.5. The van der Waals surface area contributed by atoms with E-state index in [0.717, 1.165) is 43.4 Å². The Labute approximate surface area is 106 Å². The first-order valence-electron chi connectivity index (χ1n) is 6.46. The monoisotopic (exact) mass is 253 g/mol. The number of aliphatic hydroxyl groups is 1. The molecular weight excluding hydrogens is 234 g/mol. The molecule has 0 amide bonds. The van der Waals surface area contributed by atoms with E-state index in [1.807, 2.05) is 16.4 Å². The van der Waals surface area contributed by atoms with Crippen LogP contribution in [-0.2, 0) is 19.4 Å². The average molecular weight is 253 g/mol. The van der Waals surface area contributed by atoms with E-state index in [4.69, 9.17) is 0 Å². The molecule has 0 saturated carbocycles. The van der Waals surface area contributed by atoms with Crippen molar-refractivity contribution >= 4 is 11.8 Å². The van der Waals surface area contributed by atoms with E-state index in [1.165, 1.54) is 17.9 Å². The van der Waals surface area contributed by atoms with Gasteiger partial charge >= 0.3 is 0 Å². The van der Waals surface area contributed by atoms with Crippen LogP contribution in [0, 0.1) is 11.8 Å². The highest BCUT2D eigenvalue weighted by Gasteiger charge is 2.23. The highest BCUT2D eigenvalue weighted by atomic mass is 32.2. The third-order valence-corrected chi connectivity index (χ3v) is 4.98. The van der Waals surface area contributed by atoms with Crippen molar-refractivity contribution in [1.82, 2.24) is 14.8 Å². The van der Waals surface area contributed by atoms with Crippen molar-refractivity contribution in [3.8, 4) is 0 Å². The second-order valence-corrected chi connectivity index (χ2v) is 6.30. The Morgan fingerprint density at radius 3 is 3.06 bits per heavy atom. The van der Waals surface area contributed by atoms with E-state index in [9.17, 15) is 5.11 Å². The summed E-state index contributed by atoms with van der Waals surface area (Å²) in [7, 11) is 0. The highest BCUT2D eigenvalue weighted by Crippen LogP contribution is 2.26. The molecule has 0 aromatic carbocycles. The number of rotatable bonds is 3. The molecule has 2 atom stereocenters. The lowest BCUT2D eigenvalue weighted by Gasteiger charge is -2.19. The van der Waals surface area contributed by atoms with Crippen LogP contribution in [0.1, 0.15) is 24.5 Å². The van der Waals surface area contributed by atoms with Crippen molar-refractivity contribution in [2.24, 2.45) is 11.8 Å². The molecule has 0 spiro atoms. The predicted octanol–water partition coefficient (Wildman–Crippen LogP) is 1.13. The van der Waals surface area contributed by atoms with Crippen LogP contribution in [0.15, 0.2) is 0 Å². The van der Waals surface area contributed by atoms with Crippen molar-refractivity contribution in [1.29, 1.82) is 0 Å². The number of fused-ring (bicyclic) bond motifs is 1. The van der Waals surface area contributed by atoms with E-state index in [1.54, 1.807) is 0 Å². The summed E-state index contributed by atoms with van der Waals surface area (Å²) in [5.74, 6) is 5.85. The summed E-state index contributed by atoms with van der Waals surface area (Å²) in [6.07, 6.45) is 4.37. The van der Waals surface area contributed by atoms with Crippen LogP contribution in [0.3, 0.4) is 0 Å². The number of aliphatic hydroxyl groups excluding tert-OH is 1. The van der Waals surface area contributed by atoms with E-state index in [-0.39, 0.29) is 6.61 Å². The second-order valence-electron chi connectivity index (χ2n) is 5.15. The number of hydrogen-bond donors (Lipinski definition) is 1. The topological polar surface area (TPSA) is 50.9 Å². The maximum Gasteiger partial charge on any atom is 0.151 e. The maximum absolute atomic E-state index is 9.19. The van der Waals surface area contributed by atoms with Crippen LogP contribution in [-0.4, -0.2) is 38.0 Å². The van der Waals surface area contributed by atoms with Gasteiger partial charge < -0.3 is 5.11 Å². The Balaban J connectivity index is 1.69. The zero-order valence-corrected chi connectivity index (χ0v) is 10.8. The van der Waals surface area contributed by atoms with E-state index in [0.29, 0.717) is 5.92 Å². The molecule has 1 N–H and O–H groups in total. The molecule has 2 aliphatic rings. The van der Waals surface area contributed by atoms with Gasteiger partial charge in [-0.25, -0.2) is 9.67 Å². The van der Waals surface area contributed by atoms with Crippen LogP contribution in [0.4, 0.5) is 0 Å². The van der Waals surface area contributed by atoms with Gasteiger partial charge in [0.25, 0.3) is 0 Å². The standard InChI is InChI=1S/C12H19N3OS/c16-7-10-1-2-12-13-11(14-15(12)6-10)5-9-3-4-17-8-9/h9-10,16H,1-8H2. The lowest BCUT2D eigenvalue weighted by Crippen LogP contribution is -2.23. The highest BCUT2D eigenvalue weighted by molar-refractivity contribution is 7.99. The summed E-state index contributed by atoms with van der Waals surface area (Å²) in [6, 6.07) is 0. The second kappa shape index (κ2) is 4.98. The lowest BCUT2D eigenvalue weighted by molar-refractivity contribution is 0.185. The van der Waals surface area contributed by atoms with E-state index in [2.05, 4.69) is 10.1 Å². The molecule has 3 rings (SSSR count). The number of hydrogen-bond acceptors (Lipinski definition) is 4. The van der Waals surface area contributed by atoms with Crippen LogP contribution >= 0.6 is 11.8 Å². The summed E-state index contributed by atoms with van der Waals surface area (Å²) in [4.78, 5) is 4.64. The molecule has 4 nitrogen and oxygen atoms in total. The normalized spacial score (nSPS) is 28.3. The molecule has 3 heterocycles. The van der Waals surface area contributed by atoms with Crippen molar-refractivity contribution in [3.63, 3.8) is 0 Å². The predicted molar refractivity (Wildman–Crippen MR) is 68.1 cm³/mol. The molecule has 2 unspecified atom stereocenters. The van der Waals surface area contributed by atoms with Gasteiger partial charge in [0.1, 0.15) is 5.82 Å². The van der Waals surface area contributed by atoms with Crippen LogP contribution in [0.5, 0.6) is 0 Å². The van der Waals surface area contributed by atoms with Gasteiger partial charge in [-0.05, 0) is 30.3 Å². The summed E-state index contributed by atoms with van der Waals surface area (Å²) in [5, 5.41) is 13.8. The first-order chi connectivity index (χ1) is 8.35. The fourth-order valence-corrected chi connectivity index (χ4v) is 3.95. The lowest BCUT2D eigenvalue weighted by atomic mass is 10.0. The Morgan fingerprint density at radius 2 is 2.29 bits per heavy atom. The van der Waals surface area contributed by atoms with Gasteiger partial charge in [-0.2, -0.15) is 16.9 Å². The number of aryl methyl sites for hydroxylation is 1. The van der Waals surface area contributed by atoms with Gasteiger partial charge in [0.2, 0.25) is 0 Å². The molecule has 5 heteroatoms. The smallest absolute Gasteiger partial charge is 0.151 e. The Bertz CT molecular complexity index is 387. The van der Waals surface area contributed by atoms with Crippen molar-refractivity contribution in [3.05, 3.63) is 11.6 Å².